The minimum atomic E-state index is 0.900. The molecule has 0 spiro atoms. The van der Waals surface area contributed by atoms with E-state index in [0.29, 0.717) is 0 Å². The van der Waals surface area contributed by atoms with Crippen LogP contribution in [0.4, 0.5) is 0 Å². The Bertz CT molecular complexity index is 986. The topological polar surface area (TPSA) is 17.8 Å². The van der Waals surface area contributed by atoms with E-state index >= 15 is 0 Å². The smallest absolute Gasteiger partial charge is 0.114 e. The zero-order chi connectivity index (χ0) is 16.5. The summed E-state index contributed by atoms with van der Waals surface area (Å²) in [6, 6.07) is 25.3. The number of aromatic nitrogens is 2. The average molecular weight is 377 g/mol. The second kappa shape index (κ2) is 6.25. The molecular weight excluding hydrogens is 360 g/mol. The summed E-state index contributed by atoms with van der Waals surface area (Å²) in [5.41, 5.74) is 5.74. The monoisotopic (exact) mass is 376 g/mol. The molecule has 3 aromatic carbocycles. The minimum absolute atomic E-state index is 0.900. The predicted molar refractivity (Wildman–Crippen MR) is 104 cm³/mol. The van der Waals surface area contributed by atoms with Crippen LogP contribution in [0.15, 0.2) is 77.3 Å². The van der Waals surface area contributed by atoms with Gasteiger partial charge < -0.3 is 0 Å². The maximum atomic E-state index is 4.86. The van der Waals surface area contributed by atoms with Crippen LogP contribution in [-0.4, -0.2) is 9.55 Å². The van der Waals surface area contributed by atoms with E-state index in [0.717, 1.165) is 33.4 Å². The largest absolute Gasteiger partial charge is 0.296 e. The fourth-order valence-corrected chi connectivity index (χ4v) is 3.32. The molecule has 1 aromatic heterocycles. The predicted octanol–water partition coefficient (Wildman–Crippen LogP) is 6.02. The van der Waals surface area contributed by atoms with Gasteiger partial charge in [0.15, 0.2) is 0 Å². The Labute approximate surface area is 149 Å². The summed E-state index contributed by atoms with van der Waals surface area (Å²) in [6.45, 7) is 2.15. The van der Waals surface area contributed by atoms with Crippen LogP contribution in [0, 0.1) is 0 Å². The van der Waals surface area contributed by atoms with Gasteiger partial charge in [-0.15, -0.1) is 0 Å². The number of benzene rings is 3. The van der Waals surface area contributed by atoms with Crippen molar-refractivity contribution in [2.24, 2.45) is 0 Å². The SMILES string of the molecule is CCc1nc2cc(-c3ccc(Br)cc3)ccc2n1-c1ccccc1. The van der Waals surface area contributed by atoms with Crippen LogP contribution in [-0.2, 0) is 6.42 Å². The van der Waals surface area contributed by atoms with Crippen LogP contribution < -0.4 is 0 Å². The first-order valence-corrected chi connectivity index (χ1v) is 8.88. The maximum Gasteiger partial charge on any atom is 0.114 e. The van der Waals surface area contributed by atoms with Gasteiger partial charge in [0.2, 0.25) is 0 Å². The number of nitrogens with zero attached hydrogens (tertiary/aromatic N) is 2. The maximum absolute atomic E-state index is 4.86. The van der Waals surface area contributed by atoms with E-state index in [2.05, 4.69) is 94.2 Å². The molecular formula is C21H17BrN2. The van der Waals surface area contributed by atoms with Gasteiger partial charge in [-0.2, -0.15) is 0 Å². The van der Waals surface area contributed by atoms with E-state index in [1.165, 1.54) is 11.1 Å². The molecule has 2 nitrogen and oxygen atoms in total. The highest BCUT2D eigenvalue weighted by Crippen LogP contribution is 2.28. The second-order valence-corrected chi connectivity index (χ2v) is 6.68. The highest BCUT2D eigenvalue weighted by molar-refractivity contribution is 9.10. The zero-order valence-corrected chi connectivity index (χ0v) is 15.0. The summed E-state index contributed by atoms with van der Waals surface area (Å²) in [7, 11) is 0. The molecule has 1 heterocycles. The Kier molecular flexibility index (Phi) is 3.95. The highest BCUT2D eigenvalue weighted by atomic mass is 79.9. The molecule has 0 radical (unpaired) electrons. The van der Waals surface area contributed by atoms with Crippen molar-refractivity contribution in [3.63, 3.8) is 0 Å². The molecule has 4 rings (SSSR count). The number of halogens is 1. The van der Waals surface area contributed by atoms with Crippen LogP contribution in [0.25, 0.3) is 27.8 Å². The first kappa shape index (κ1) is 15.2. The summed E-state index contributed by atoms with van der Waals surface area (Å²) in [6.07, 6.45) is 0.900. The quantitative estimate of drug-likeness (QED) is 0.427. The van der Waals surface area contributed by atoms with E-state index in [-0.39, 0.29) is 0 Å². The molecule has 0 bridgehead atoms. The van der Waals surface area contributed by atoms with Crippen molar-refractivity contribution in [3.8, 4) is 16.8 Å². The van der Waals surface area contributed by atoms with Gasteiger partial charge in [-0.05, 0) is 47.5 Å². The third kappa shape index (κ3) is 2.65. The Morgan fingerprint density at radius 3 is 2.29 bits per heavy atom. The van der Waals surface area contributed by atoms with Gasteiger partial charge in [0.1, 0.15) is 5.82 Å². The normalized spacial score (nSPS) is 11.1. The van der Waals surface area contributed by atoms with E-state index in [1.807, 2.05) is 6.07 Å². The number of hydrogen-bond acceptors (Lipinski definition) is 1. The van der Waals surface area contributed by atoms with Crippen molar-refractivity contribution in [2.75, 3.05) is 0 Å². The summed E-state index contributed by atoms with van der Waals surface area (Å²) >= 11 is 3.49. The van der Waals surface area contributed by atoms with Crippen molar-refractivity contribution in [1.29, 1.82) is 0 Å². The molecule has 0 amide bonds. The second-order valence-electron chi connectivity index (χ2n) is 5.76. The fraction of sp³-hybridized carbons (Fsp3) is 0.0952. The molecule has 24 heavy (non-hydrogen) atoms. The van der Waals surface area contributed by atoms with Gasteiger partial charge in [0, 0.05) is 16.6 Å². The van der Waals surface area contributed by atoms with Crippen molar-refractivity contribution < 1.29 is 0 Å². The van der Waals surface area contributed by atoms with Gasteiger partial charge in [0.05, 0.1) is 11.0 Å². The number of fused-ring (bicyclic) bond motifs is 1. The van der Waals surface area contributed by atoms with Crippen LogP contribution in [0.1, 0.15) is 12.7 Å². The Morgan fingerprint density at radius 1 is 0.875 bits per heavy atom. The van der Waals surface area contributed by atoms with Gasteiger partial charge in [-0.3, -0.25) is 4.57 Å². The summed E-state index contributed by atoms with van der Waals surface area (Å²) in [5.74, 6) is 1.09. The lowest BCUT2D eigenvalue weighted by molar-refractivity contribution is 0.908. The molecule has 0 aliphatic rings. The number of para-hydroxylation sites is 1. The minimum Gasteiger partial charge on any atom is -0.296 e. The number of imidazole rings is 1. The van der Waals surface area contributed by atoms with Crippen molar-refractivity contribution in [2.45, 2.75) is 13.3 Å². The van der Waals surface area contributed by atoms with Crippen LogP contribution in [0.5, 0.6) is 0 Å². The zero-order valence-electron chi connectivity index (χ0n) is 13.4. The van der Waals surface area contributed by atoms with Crippen LogP contribution in [0.3, 0.4) is 0 Å². The molecule has 0 N–H and O–H groups in total. The third-order valence-electron chi connectivity index (χ3n) is 4.23. The summed E-state index contributed by atoms with van der Waals surface area (Å²) < 4.78 is 3.34. The lowest BCUT2D eigenvalue weighted by Crippen LogP contribution is -1.99. The summed E-state index contributed by atoms with van der Waals surface area (Å²) in [4.78, 5) is 4.86. The Hall–Kier alpha value is -2.39. The standard InChI is InChI=1S/C21H17BrN2/c1-2-21-23-19-14-16(15-8-11-17(22)12-9-15)10-13-20(19)24(21)18-6-4-3-5-7-18/h3-14H,2H2,1H3. The van der Waals surface area contributed by atoms with Gasteiger partial charge in [-0.1, -0.05) is 59.3 Å². The van der Waals surface area contributed by atoms with Crippen molar-refractivity contribution in [3.05, 3.63) is 83.1 Å². The first-order valence-electron chi connectivity index (χ1n) is 8.09. The lowest BCUT2D eigenvalue weighted by Gasteiger charge is -2.08. The molecule has 0 saturated heterocycles. The summed E-state index contributed by atoms with van der Waals surface area (Å²) in [5, 5.41) is 0. The molecule has 118 valence electrons. The molecule has 4 aromatic rings. The van der Waals surface area contributed by atoms with Gasteiger partial charge in [0.25, 0.3) is 0 Å². The molecule has 0 atom stereocenters. The molecule has 0 aliphatic carbocycles. The first-order chi connectivity index (χ1) is 11.8. The van der Waals surface area contributed by atoms with Crippen molar-refractivity contribution >= 4 is 27.0 Å². The van der Waals surface area contributed by atoms with Crippen LogP contribution in [0.2, 0.25) is 0 Å². The molecule has 0 fully saturated rings. The Balaban J connectivity index is 1.89. The van der Waals surface area contributed by atoms with E-state index in [4.69, 9.17) is 4.98 Å². The average Bonchev–Trinajstić information content (AvgIpc) is 3.00. The fourth-order valence-electron chi connectivity index (χ4n) is 3.05. The molecule has 0 saturated carbocycles. The number of hydrogen-bond donors (Lipinski definition) is 0. The Morgan fingerprint density at radius 2 is 1.58 bits per heavy atom. The van der Waals surface area contributed by atoms with Crippen molar-refractivity contribution in [1.82, 2.24) is 9.55 Å². The third-order valence-corrected chi connectivity index (χ3v) is 4.76. The van der Waals surface area contributed by atoms with Gasteiger partial charge >= 0.3 is 0 Å². The highest BCUT2D eigenvalue weighted by Gasteiger charge is 2.12. The molecule has 0 unspecified atom stereocenters. The van der Waals surface area contributed by atoms with E-state index in [1.54, 1.807) is 0 Å². The molecule has 3 heteroatoms. The van der Waals surface area contributed by atoms with Gasteiger partial charge in [-0.25, -0.2) is 4.98 Å². The van der Waals surface area contributed by atoms with E-state index < -0.39 is 0 Å². The number of aryl methyl sites for hydroxylation is 1. The van der Waals surface area contributed by atoms with Crippen LogP contribution >= 0.6 is 15.9 Å². The molecule has 0 aliphatic heterocycles. The lowest BCUT2D eigenvalue weighted by atomic mass is 10.1. The number of rotatable bonds is 3. The van der Waals surface area contributed by atoms with E-state index in [9.17, 15) is 0 Å².